The third kappa shape index (κ3) is 6.88. The second-order valence-electron chi connectivity index (χ2n) is 7.89. The molecule has 2 aromatic heterocycles. The summed E-state index contributed by atoms with van der Waals surface area (Å²) in [5.74, 6) is -0.242. The van der Waals surface area contributed by atoms with Crippen molar-refractivity contribution in [2.75, 3.05) is 19.7 Å². The number of fused-ring (bicyclic) bond motifs is 1. The second-order valence-corrected chi connectivity index (χ2v) is 7.89. The zero-order chi connectivity index (χ0) is 25.0. The summed E-state index contributed by atoms with van der Waals surface area (Å²) in [5, 5.41) is 21.6. The zero-order valence-corrected chi connectivity index (χ0v) is 19.4. The van der Waals surface area contributed by atoms with Gasteiger partial charge < -0.3 is 20.7 Å². The van der Waals surface area contributed by atoms with Gasteiger partial charge in [-0.1, -0.05) is 31.0 Å². The van der Waals surface area contributed by atoms with E-state index in [4.69, 9.17) is 10.8 Å². The lowest BCUT2D eigenvalue weighted by atomic mass is 10.1. The van der Waals surface area contributed by atoms with Crippen LogP contribution in [0.5, 0.6) is 0 Å². The maximum absolute atomic E-state index is 12.8. The van der Waals surface area contributed by atoms with Gasteiger partial charge in [-0.3, -0.25) is 14.6 Å². The molecule has 0 aliphatic rings. The third-order valence-corrected chi connectivity index (χ3v) is 5.48. The largest absolute Gasteiger partial charge is 0.395 e. The first-order valence-corrected chi connectivity index (χ1v) is 11.5. The topological polar surface area (TPSA) is 150 Å². The number of pyridine rings is 2. The quantitative estimate of drug-likeness (QED) is 0.126. The summed E-state index contributed by atoms with van der Waals surface area (Å²) in [6, 6.07) is 12.1. The SMILES string of the molecule is N#CN(CCCCCCn1c(=O)cc(C(=O)NCCO)c2ccccc21)C(N)=Nc1ccncc1. The van der Waals surface area contributed by atoms with Crippen LogP contribution in [0.1, 0.15) is 36.0 Å². The molecule has 35 heavy (non-hydrogen) atoms. The van der Waals surface area contributed by atoms with Crippen LogP contribution in [0.3, 0.4) is 0 Å². The number of aliphatic imine (C=N–C) groups is 1. The average Bonchev–Trinajstić information content (AvgIpc) is 2.88. The van der Waals surface area contributed by atoms with Crippen LogP contribution in [0.15, 0.2) is 64.6 Å². The number of benzene rings is 1. The maximum Gasteiger partial charge on any atom is 0.252 e. The number of unbranched alkanes of at least 4 members (excludes halogenated alkanes) is 3. The molecule has 10 heteroatoms. The molecule has 2 heterocycles. The number of aryl methyl sites for hydroxylation is 1. The lowest BCUT2D eigenvalue weighted by Crippen LogP contribution is -2.34. The van der Waals surface area contributed by atoms with Crippen LogP contribution < -0.4 is 16.6 Å². The summed E-state index contributed by atoms with van der Waals surface area (Å²) < 4.78 is 1.68. The van der Waals surface area contributed by atoms with E-state index in [-0.39, 0.29) is 30.6 Å². The Hall–Kier alpha value is -4.23. The molecule has 3 rings (SSSR count). The van der Waals surface area contributed by atoms with E-state index in [9.17, 15) is 14.9 Å². The highest BCUT2D eigenvalue weighted by Crippen LogP contribution is 2.18. The number of hydrogen-bond donors (Lipinski definition) is 3. The van der Waals surface area contributed by atoms with Crippen molar-refractivity contribution in [3.8, 4) is 6.19 Å². The Morgan fingerprint density at radius 1 is 1.17 bits per heavy atom. The Labute approximate surface area is 203 Å². The van der Waals surface area contributed by atoms with Gasteiger partial charge in [-0.2, -0.15) is 5.26 Å². The molecular formula is C25H29N7O3. The first kappa shape index (κ1) is 25.4. The summed E-state index contributed by atoms with van der Waals surface area (Å²) in [6.07, 6.45) is 8.52. The molecule has 0 aliphatic heterocycles. The summed E-state index contributed by atoms with van der Waals surface area (Å²) >= 11 is 0. The van der Waals surface area contributed by atoms with Crippen LogP contribution in [0.25, 0.3) is 10.9 Å². The maximum atomic E-state index is 12.8. The van der Waals surface area contributed by atoms with Gasteiger partial charge in [0.25, 0.3) is 11.5 Å². The zero-order valence-electron chi connectivity index (χ0n) is 19.4. The number of nitrogens with zero attached hydrogens (tertiary/aromatic N) is 5. The number of aliphatic hydroxyl groups is 1. The molecule has 0 saturated carbocycles. The number of nitrogens with two attached hydrogens (primary N) is 1. The number of hydrogen-bond acceptors (Lipinski definition) is 6. The molecule has 182 valence electrons. The van der Waals surface area contributed by atoms with Gasteiger partial charge in [-0.05, 0) is 31.0 Å². The molecule has 0 bridgehead atoms. The van der Waals surface area contributed by atoms with Gasteiger partial charge in [0, 0.05) is 43.5 Å². The predicted molar refractivity (Wildman–Crippen MR) is 134 cm³/mol. The van der Waals surface area contributed by atoms with Crippen molar-refractivity contribution in [2.24, 2.45) is 10.7 Å². The fourth-order valence-corrected chi connectivity index (χ4v) is 3.74. The smallest absolute Gasteiger partial charge is 0.252 e. The average molecular weight is 476 g/mol. The van der Waals surface area contributed by atoms with Crippen molar-refractivity contribution >= 4 is 28.5 Å². The molecule has 10 nitrogen and oxygen atoms in total. The summed E-state index contributed by atoms with van der Waals surface area (Å²) in [7, 11) is 0. The molecule has 0 spiro atoms. The van der Waals surface area contributed by atoms with Crippen LogP contribution in [-0.4, -0.2) is 51.1 Å². The molecule has 1 amide bonds. The van der Waals surface area contributed by atoms with Crippen molar-refractivity contribution in [1.29, 1.82) is 5.26 Å². The Bertz CT molecular complexity index is 1270. The molecule has 0 atom stereocenters. The molecule has 0 fully saturated rings. The molecule has 0 unspecified atom stereocenters. The van der Waals surface area contributed by atoms with Gasteiger partial charge in [0.05, 0.1) is 23.4 Å². The standard InChI is InChI=1S/C25H29N7O3/c26-18-31(25(27)30-19-9-11-28-12-10-19)14-5-1-2-6-15-32-22-8-4-3-7-20(22)21(17-23(32)34)24(35)29-13-16-33/h3-4,7-12,17,33H,1-2,5-6,13-16H2,(H,29,35)(H2,27,28,30). The molecule has 3 aromatic rings. The van der Waals surface area contributed by atoms with Crippen molar-refractivity contribution in [1.82, 2.24) is 19.8 Å². The number of aliphatic hydroxyl groups excluding tert-OH is 1. The van der Waals surface area contributed by atoms with Crippen molar-refractivity contribution in [3.05, 3.63) is 70.8 Å². The lowest BCUT2D eigenvalue weighted by Gasteiger charge is -2.15. The normalized spacial score (nSPS) is 11.3. The molecule has 0 aliphatic carbocycles. The third-order valence-electron chi connectivity index (χ3n) is 5.48. The number of aromatic nitrogens is 2. The Morgan fingerprint density at radius 2 is 1.91 bits per heavy atom. The van der Waals surface area contributed by atoms with E-state index in [1.165, 1.54) is 11.0 Å². The highest BCUT2D eigenvalue weighted by Gasteiger charge is 2.14. The van der Waals surface area contributed by atoms with E-state index in [0.717, 1.165) is 25.7 Å². The molecule has 0 saturated heterocycles. The van der Waals surface area contributed by atoms with Crippen LogP contribution in [0.4, 0.5) is 5.69 Å². The number of carbonyl (C=O) groups is 1. The first-order valence-electron chi connectivity index (χ1n) is 11.5. The van der Waals surface area contributed by atoms with Gasteiger partial charge in [0.2, 0.25) is 5.96 Å². The van der Waals surface area contributed by atoms with E-state index in [1.807, 2.05) is 24.3 Å². The number of nitriles is 1. The summed E-state index contributed by atoms with van der Waals surface area (Å²) in [4.78, 5) is 34.7. The van der Waals surface area contributed by atoms with Crippen LogP contribution in [-0.2, 0) is 6.54 Å². The van der Waals surface area contributed by atoms with Crippen LogP contribution in [0, 0.1) is 11.5 Å². The van der Waals surface area contributed by atoms with Crippen molar-refractivity contribution < 1.29 is 9.90 Å². The number of amides is 1. The number of nitrogens with one attached hydrogen (secondary N) is 1. The molecular weight excluding hydrogens is 446 g/mol. The van der Waals surface area contributed by atoms with Gasteiger partial charge in [-0.25, -0.2) is 9.89 Å². The van der Waals surface area contributed by atoms with E-state index < -0.39 is 0 Å². The van der Waals surface area contributed by atoms with E-state index in [2.05, 4.69) is 21.5 Å². The highest BCUT2D eigenvalue weighted by molar-refractivity contribution is 6.06. The summed E-state index contributed by atoms with van der Waals surface area (Å²) in [5.41, 5.74) is 7.35. The second kappa shape index (κ2) is 12.9. The number of para-hydroxylation sites is 1. The van der Waals surface area contributed by atoms with Gasteiger partial charge in [0.1, 0.15) is 0 Å². The minimum atomic E-state index is -0.381. The van der Waals surface area contributed by atoms with Gasteiger partial charge in [0.15, 0.2) is 6.19 Å². The van der Waals surface area contributed by atoms with Crippen LogP contribution >= 0.6 is 0 Å². The fraction of sp³-hybridized carbons (Fsp3) is 0.320. The van der Waals surface area contributed by atoms with Gasteiger partial charge >= 0.3 is 0 Å². The van der Waals surface area contributed by atoms with Crippen molar-refractivity contribution in [2.45, 2.75) is 32.2 Å². The molecule has 1 aromatic carbocycles. The predicted octanol–water partition coefficient (Wildman–Crippen LogP) is 2.11. The molecule has 0 radical (unpaired) electrons. The van der Waals surface area contributed by atoms with E-state index >= 15 is 0 Å². The summed E-state index contributed by atoms with van der Waals surface area (Å²) in [6.45, 7) is 0.931. The highest BCUT2D eigenvalue weighted by atomic mass is 16.3. The minimum absolute atomic E-state index is 0.126. The van der Waals surface area contributed by atoms with Gasteiger partial charge in [-0.15, -0.1) is 0 Å². The molecule has 4 N–H and O–H groups in total. The minimum Gasteiger partial charge on any atom is -0.395 e. The Balaban J connectivity index is 1.56. The number of rotatable bonds is 11. The van der Waals surface area contributed by atoms with Crippen LogP contribution in [0.2, 0.25) is 0 Å². The Morgan fingerprint density at radius 3 is 2.66 bits per heavy atom. The monoisotopic (exact) mass is 475 g/mol. The number of carbonyl (C=O) groups excluding carboxylic acids is 1. The Kier molecular flexibility index (Phi) is 9.33. The number of guanidine groups is 1. The first-order chi connectivity index (χ1) is 17.0. The lowest BCUT2D eigenvalue weighted by molar-refractivity contribution is 0.0946. The van der Waals surface area contributed by atoms with Crippen molar-refractivity contribution in [3.63, 3.8) is 0 Å². The van der Waals surface area contributed by atoms with E-state index in [1.54, 1.807) is 29.1 Å². The van der Waals surface area contributed by atoms with E-state index in [0.29, 0.717) is 35.2 Å². The fourth-order valence-electron chi connectivity index (χ4n) is 3.74.